The molecule has 152 valence electrons. The first-order valence-corrected chi connectivity index (χ1v) is 11.8. The van der Waals surface area contributed by atoms with Crippen LogP contribution in [0.5, 0.6) is 0 Å². The quantitative estimate of drug-likeness (QED) is 0.502. The molecular weight excluding hydrogens is 471 g/mol. The van der Waals surface area contributed by atoms with Gasteiger partial charge in [0.25, 0.3) is 0 Å². The molecule has 1 aliphatic heterocycles. The van der Waals surface area contributed by atoms with E-state index in [0.29, 0.717) is 0 Å². The van der Waals surface area contributed by atoms with Gasteiger partial charge in [0.05, 0.1) is 0 Å². The molecule has 0 atom stereocenters. The highest BCUT2D eigenvalue weighted by Gasteiger charge is 2.26. The van der Waals surface area contributed by atoms with Crippen molar-refractivity contribution in [3.05, 3.63) is 50.9 Å². The van der Waals surface area contributed by atoms with Crippen molar-refractivity contribution in [2.75, 3.05) is 32.7 Å². The van der Waals surface area contributed by atoms with Gasteiger partial charge in [-0.3, -0.25) is 4.90 Å². The molecule has 0 amide bonds. The normalized spacial score (nSPS) is 18.6. The lowest BCUT2D eigenvalue weighted by Crippen LogP contribution is -2.46. The first-order chi connectivity index (χ1) is 14.1. The Kier molecular flexibility index (Phi) is 5.39. The number of nitrogens with one attached hydrogen (secondary N) is 1. The molecule has 0 radical (unpaired) electrons. The van der Waals surface area contributed by atoms with Crippen LogP contribution in [0, 0.1) is 23.3 Å². The highest BCUT2D eigenvalue weighted by molar-refractivity contribution is 14.1. The molecule has 0 spiro atoms. The fraction of sp³-hybridized carbons (Fsp3) is 0.458. The molecule has 0 bridgehead atoms. The Hall–Kier alpha value is -1.44. The van der Waals surface area contributed by atoms with Crippen LogP contribution in [0.25, 0.3) is 22.2 Å². The van der Waals surface area contributed by atoms with Crippen molar-refractivity contribution in [1.29, 1.82) is 0 Å². The van der Waals surface area contributed by atoms with Crippen molar-refractivity contribution in [3.63, 3.8) is 0 Å². The van der Waals surface area contributed by atoms with E-state index in [9.17, 15) is 0 Å². The number of halogens is 1. The van der Waals surface area contributed by atoms with Gasteiger partial charge in [-0.1, -0.05) is 12.1 Å². The van der Waals surface area contributed by atoms with Crippen molar-refractivity contribution in [2.24, 2.45) is 5.92 Å². The van der Waals surface area contributed by atoms with E-state index in [0.717, 1.165) is 18.1 Å². The van der Waals surface area contributed by atoms with Crippen LogP contribution < -0.4 is 0 Å². The SMILES string of the molecule is Cc1cc(-c2cnc3[nH]cc(I)c3c2)cc(C)c1CN1CCN(CC2CC2)CC1. The van der Waals surface area contributed by atoms with E-state index in [1.165, 1.54) is 82.3 Å². The fourth-order valence-corrected chi connectivity index (χ4v) is 5.12. The molecule has 1 saturated heterocycles. The van der Waals surface area contributed by atoms with E-state index in [2.05, 4.69) is 74.4 Å². The number of hydrogen-bond donors (Lipinski definition) is 1. The number of aromatic amines is 1. The summed E-state index contributed by atoms with van der Waals surface area (Å²) in [4.78, 5) is 13.1. The van der Waals surface area contributed by atoms with Crippen LogP contribution in [0.15, 0.2) is 30.6 Å². The zero-order valence-corrected chi connectivity index (χ0v) is 19.5. The number of rotatable bonds is 5. The molecular formula is C24H29IN4. The number of aromatic nitrogens is 2. The summed E-state index contributed by atoms with van der Waals surface area (Å²) in [7, 11) is 0. The molecule has 4 nitrogen and oxygen atoms in total. The topological polar surface area (TPSA) is 35.2 Å². The zero-order chi connectivity index (χ0) is 20.0. The average molecular weight is 500 g/mol. The lowest BCUT2D eigenvalue weighted by Gasteiger charge is -2.35. The largest absolute Gasteiger partial charge is 0.345 e. The Morgan fingerprint density at radius 2 is 1.69 bits per heavy atom. The van der Waals surface area contributed by atoms with Gasteiger partial charge < -0.3 is 9.88 Å². The Morgan fingerprint density at radius 3 is 2.38 bits per heavy atom. The number of nitrogens with zero attached hydrogens (tertiary/aromatic N) is 3. The Bertz CT molecular complexity index is 1010. The minimum Gasteiger partial charge on any atom is -0.345 e. The predicted octanol–water partition coefficient (Wildman–Crippen LogP) is 4.98. The third-order valence-electron chi connectivity index (χ3n) is 6.57. The summed E-state index contributed by atoms with van der Waals surface area (Å²) in [5.74, 6) is 1.00. The molecule has 1 aliphatic carbocycles. The van der Waals surface area contributed by atoms with Gasteiger partial charge in [-0.05, 0) is 83.5 Å². The second-order valence-corrected chi connectivity index (χ2v) is 10.0. The Balaban J connectivity index is 1.32. The van der Waals surface area contributed by atoms with E-state index >= 15 is 0 Å². The van der Waals surface area contributed by atoms with E-state index in [1.807, 2.05) is 12.4 Å². The van der Waals surface area contributed by atoms with E-state index in [-0.39, 0.29) is 0 Å². The number of fused-ring (bicyclic) bond motifs is 1. The monoisotopic (exact) mass is 500 g/mol. The summed E-state index contributed by atoms with van der Waals surface area (Å²) in [6, 6.07) is 6.94. The Labute approximate surface area is 186 Å². The fourth-order valence-electron chi connectivity index (χ4n) is 4.56. The first kappa shape index (κ1) is 19.5. The highest BCUT2D eigenvalue weighted by atomic mass is 127. The zero-order valence-electron chi connectivity index (χ0n) is 17.3. The lowest BCUT2D eigenvalue weighted by molar-refractivity contribution is 0.123. The second kappa shape index (κ2) is 8.00. The van der Waals surface area contributed by atoms with Crippen molar-refractivity contribution in [2.45, 2.75) is 33.2 Å². The minimum absolute atomic E-state index is 0.962. The molecule has 5 heteroatoms. The van der Waals surface area contributed by atoms with Crippen LogP contribution >= 0.6 is 22.6 Å². The summed E-state index contributed by atoms with van der Waals surface area (Å²) < 4.78 is 1.22. The summed E-state index contributed by atoms with van der Waals surface area (Å²) in [5, 5.41) is 1.20. The molecule has 1 saturated carbocycles. The maximum Gasteiger partial charge on any atom is 0.138 e. The lowest BCUT2D eigenvalue weighted by atomic mass is 9.95. The number of H-pyrrole nitrogens is 1. The predicted molar refractivity (Wildman–Crippen MR) is 128 cm³/mol. The highest BCUT2D eigenvalue weighted by Crippen LogP contribution is 2.31. The third kappa shape index (κ3) is 4.23. The number of hydrogen-bond acceptors (Lipinski definition) is 3. The molecule has 1 aromatic carbocycles. The summed E-state index contributed by atoms with van der Waals surface area (Å²) in [6.07, 6.45) is 6.92. The van der Waals surface area contributed by atoms with Gasteiger partial charge in [-0.2, -0.15) is 0 Å². The van der Waals surface area contributed by atoms with Crippen molar-refractivity contribution in [3.8, 4) is 11.1 Å². The van der Waals surface area contributed by atoms with E-state index in [4.69, 9.17) is 0 Å². The smallest absolute Gasteiger partial charge is 0.138 e. The number of pyridine rings is 1. The summed E-state index contributed by atoms with van der Waals surface area (Å²) in [6.45, 7) is 11.8. The van der Waals surface area contributed by atoms with E-state index in [1.54, 1.807) is 0 Å². The van der Waals surface area contributed by atoms with Crippen LogP contribution in [-0.2, 0) is 6.54 Å². The molecule has 0 unspecified atom stereocenters. The summed E-state index contributed by atoms with van der Waals surface area (Å²) in [5.41, 5.74) is 7.71. The van der Waals surface area contributed by atoms with Crippen LogP contribution in [0.1, 0.15) is 29.5 Å². The van der Waals surface area contributed by atoms with E-state index < -0.39 is 0 Å². The molecule has 29 heavy (non-hydrogen) atoms. The van der Waals surface area contributed by atoms with Gasteiger partial charge in [0.1, 0.15) is 5.65 Å². The summed E-state index contributed by atoms with van der Waals surface area (Å²) >= 11 is 2.37. The van der Waals surface area contributed by atoms with Crippen LogP contribution in [-0.4, -0.2) is 52.5 Å². The number of piperazine rings is 1. The molecule has 3 heterocycles. The molecule has 2 aliphatic rings. The Morgan fingerprint density at radius 1 is 1.00 bits per heavy atom. The second-order valence-electron chi connectivity index (χ2n) is 8.87. The third-order valence-corrected chi connectivity index (χ3v) is 7.46. The first-order valence-electron chi connectivity index (χ1n) is 10.7. The average Bonchev–Trinajstić information content (AvgIpc) is 3.46. The molecule has 3 aromatic rings. The van der Waals surface area contributed by atoms with Crippen LogP contribution in [0.4, 0.5) is 0 Å². The van der Waals surface area contributed by atoms with Crippen LogP contribution in [0.3, 0.4) is 0 Å². The molecule has 2 fully saturated rings. The standard InChI is InChI=1S/C24H29IN4/c1-16-9-19(20-11-21-23(25)13-27-24(21)26-12-20)10-17(2)22(16)15-29-7-5-28(6-8-29)14-18-3-4-18/h9-13,18H,3-8,14-15H2,1-2H3,(H,26,27). The van der Waals surface area contributed by atoms with Gasteiger partial charge in [-0.25, -0.2) is 4.98 Å². The van der Waals surface area contributed by atoms with Gasteiger partial charge in [-0.15, -0.1) is 0 Å². The molecule has 1 N–H and O–H groups in total. The van der Waals surface area contributed by atoms with Gasteiger partial charge in [0.2, 0.25) is 0 Å². The maximum absolute atomic E-state index is 4.61. The minimum atomic E-state index is 0.962. The van der Waals surface area contributed by atoms with Gasteiger partial charge in [0, 0.05) is 66.2 Å². The maximum atomic E-state index is 4.61. The van der Waals surface area contributed by atoms with Gasteiger partial charge in [0.15, 0.2) is 0 Å². The van der Waals surface area contributed by atoms with Crippen molar-refractivity contribution >= 4 is 33.6 Å². The number of benzene rings is 1. The molecule has 2 aromatic heterocycles. The number of aryl methyl sites for hydroxylation is 2. The van der Waals surface area contributed by atoms with Crippen LogP contribution in [0.2, 0.25) is 0 Å². The van der Waals surface area contributed by atoms with Crippen molar-refractivity contribution in [1.82, 2.24) is 19.8 Å². The van der Waals surface area contributed by atoms with Crippen molar-refractivity contribution < 1.29 is 0 Å². The molecule has 5 rings (SSSR count). The van der Waals surface area contributed by atoms with Gasteiger partial charge >= 0.3 is 0 Å².